The summed E-state index contributed by atoms with van der Waals surface area (Å²) in [5.41, 5.74) is 1.65. The number of benzene rings is 1. The van der Waals surface area contributed by atoms with Gasteiger partial charge in [-0.15, -0.1) is 0 Å². The van der Waals surface area contributed by atoms with Gasteiger partial charge in [-0.3, -0.25) is 0 Å². The molecule has 3 nitrogen and oxygen atoms in total. The second-order valence-corrected chi connectivity index (χ2v) is 4.60. The van der Waals surface area contributed by atoms with Gasteiger partial charge in [-0.2, -0.15) is 0 Å². The molecule has 0 amide bonds. The standard InChI is InChI=1S/C12H14BNO2/c15-13(16)11-4-3-10-5-6-14(12(10)7-11)8-9-1-2-9/h3-7,9,15-16H,1-2,8H2. The van der Waals surface area contributed by atoms with E-state index in [1.54, 1.807) is 6.07 Å². The quantitative estimate of drug-likeness (QED) is 0.741. The van der Waals surface area contributed by atoms with Gasteiger partial charge >= 0.3 is 7.12 Å². The number of hydrogen-bond donors (Lipinski definition) is 2. The molecular formula is C12H14BNO2. The van der Waals surface area contributed by atoms with Gasteiger partial charge in [0, 0.05) is 18.3 Å². The van der Waals surface area contributed by atoms with Gasteiger partial charge in [-0.05, 0) is 41.7 Å². The maximum Gasteiger partial charge on any atom is 0.488 e. The van der Waals surface area contributed by atoms with Crippen LogP contribution in [0.5, 0.6) is 0 Å². The van der Waals surface area contributed by atoms with E-state index in [9.17, 15) is 0 Å². The van der Waals surface area contributed by atoms with Crippen molar-refractivity contribution in [1.29, 1.82) is 0 Å². The second-order valence-electron chi connectivity index (χ2n) is 4.60. The molecule has 1 aliphatic carbocycles. The van der Waals surface area contributed by atoms with Gasteiger partial charge in [0.25, 0.3) is 0 Å². The van der Waals surface area contributed by atoms with E-state index in [1.807, 2.05) is 12.1 Å². The molecule has 1 fully saturated rings. The lowest BCUT2D eigenvalue weighted by atomic mass is 9.80. The van der Waals surface area contributed by atoms with Gasteiger partial charge < -0.3 is 14.6 Å². The van der Waals surface area contributed by atoms with Crippen LogP contribution in [0, 0.1) is 5.92 Å². The summed E-state index contributed by atoms with van der Waals surface area (Å²) in [4.78, 5) is 0. The molecule has 4 heteroatoms. The Bertz CT molecular complexity index is 517. The van der Waals surface area contributed by atoms with Crippen molar-refractivity contribution in [3.63, 3.8) is 0 Å². The lowest BCUT2D eigenvalue weighted by molar-refractivity contribution is 0.426. The summed E-state index contributed by atoms with van der Waals surface area (Å²) in [6, 6.07) is 7.63. The van der Waals surface area contributed by atoms with Crippen molar-refractivity contribution < 1.29 is 10.0 Å². The fourth-order valence-corrected chi connectivity index (χ4v) is 2.10. The average molecular weight is 215 g/mol. The summed E-state index contributed by atoms with van der Waals surface area (Å²) in [5.74, 6) is 0.818. The third-order valence-electron chi connectivity index (χ3n) is 3.25. The van der Waals surface area contributed by atoms with Crippen LogP contribution in [0.1, 0.15) is 12.8 Å². The SMILES string of the molecule is OB(O)c1ccc2ccn(CC3CC3)c2c1. The highest BCUT2D eigenvalue weighted by molar-refractivity contribution is 6.58. The van der Waals surface area contributed by atoms with Gasteiger partial charge in [0.15, 0.2) is 0 Å². The number of rotatable bonds is 3. The van der Waals surface area contributed by atoms with Crippen LogP contribution in [-0.2, 0) is 6.54 Å². The largest absolute Gasteiger partial charge is 0.488 e. The van der Waals surface area contributed by atoms with Crippen LogP contribution < -0.4 is 5.46 Å². The van der Waals surface area contributed by atoms with Crippen LogP contribution in [0.3, 0.4) is 0 Å². The number of fused-ring (bicyclic) bond motifs is 1. The Balaban J connectivity index is 2.03. The molecule has 0 saturated heterocycles. The Kier molecular flexibility index (Phi) is 2.26. The lowest BCUT2D eigenvalue weighted by Crippen LogP contribution is -2.29. The molecule has 1 saturated carbocycles. The topological polar surface area (TPSA) is 45.4 Å². The molecule has 0 bridgehead atoms. The molecule has 1 aromatic carbocycles. The maximum absolute atomic E-state index is 9.15. The van der Waals surface area contributed by atoms with Crippen molar-refractivity contribution in [3.8, 4) is 0 Å². The van der Waals surface area contributed by atoms with E-state index in [0.29, 0.717) is 5.46 Å². The first-order chi connectivity index (χ1) is 7.74. The van der Waals surface area contributed by atoms with Crippen LogP contribution >= 0.6 is 0 Å². The Labute approximate surface area is 94.5 Å². The minimum atomic E-state index is -1.38. The normalized spacial score (nSPS) is 15.6. The molecule has 82 valence electrons. The third kappa shape index (κ3) is 1.74. The molecule has 1 heterocycles. The Morgan fingerprint density at radius 1 is 1.25 bits per heavy atom. The number of nitrogens with zero attached hydrogens (tertiary/aromatic N) is 1. The molecule has 0 radical (unpaired) electrons. The second kappa shape index (κ2) is 3.65. The number of hydrogen-bond acceptors (Lipinski definition) is 2. The first kappa shape index (κ1) is 9.93. The van der Waals surface area contributed by atoms with E-state index in [4.69, 9.17) is 10.0 Å². The molecule has 16 heavy (non-hydrogen) atoms. The monoisotopic (exact) mass is 215 g/mol. The maximum atomic E-state index is 9.15. The van der Waals surface area contributed by atoms with E-state index in [-0.39, 0.29) is 0 Å². The average Bonchev–Trinajstić information content (AvgIpc) is 2.99. The minimum absolute atomic E-state index is 0.559. The van der Waals surface area contributed by atoms with Crippen molar-refractivity contribution in [2.24, 2.45) is 5.92 Å². The van der Waals surface area contributed by atoms with Crippen LogP contribution in [0.25, 0.3) is 10.9 Å². The Hall–Kier alpha value is -1.26. The summed E-state index contributed by atoms with van der Waals surface area (Å²) in [7, 11) is -1.38. The molecular weight excluding hydrogens is 201 g/mol. The van der Waals surface area contributed by atoms with Crippen LogP contribution in [-0.4, -0.2) is 21.7 Å². The van der Waals surface area contributed by atoms with Crippen LogP contribution in [0.4, 0.5) is 0 Å². The van der Waals surface area contributed by atoms with Crippen molar-refractivity contribution in [2.45, 2.75) is 19.4 Å². The van der Waals surface area contributed by atoms with E-state index < -0.39 is 7.12 Å². The fourth-order valence-electron chi connectivity index (χ4n) is 2.10. The zero-order chi connectivity index (χ0) is 11.1. The van der Waals surface area contributed by atoms with Crippen molar-refractivity contribution in [3.05, 3.63) is 30.5 Å². The van der Waals surface area contributed by atoms with E-state index in [0.717, 1.165) is 23.4 Å². The van der Waals surface area contributed by atoms with Crippen LogP contribution in [0.15, 0.2) is 30.5 Å². The summed E-state index contributed by atoms with van der Waals surface area (Å²) < 4.78 is 2.21. The van der Waals surface area contributed by atoms with Gasteiger partial charge in [0.2, 0.25) is 0 Å². The molecule has 1 aromatic heterocycles. The van der Waals surface area contributed by atoms with Crippen molar-refractivity contribution in [1.82, 2.24) is 4.57 Å². The smallest absolute Gasteiger partial charge is 0.423 e. The molecule has 2 N–H and O–H groups in total. The first-order valence-electron chi connectivity index (χ1n) is 5.69. The van der Waals surface area contributed by atoms with Crippen molar-refractivity contribution in [2.75, 3.05) is 0 Å². The zero-order valence-corrected chi connectivity index (χ0v) is 9.00. The zero-order valence-electron chi connectivity index (χ0n) is 9.00. The van der Waals surface area contributed by atoms with E-state index in [1.165, 1.54) is 12.8 Å². The van der Waals surface area contributed by atoms with Gasteiger partial charge in [-0.1, -0.05) is 12.1 Å². The summed E-state index contributed by atoms with van der Waals surface area (Å²) in [5, 5.41) is 19.5. The predicted octanol–water partition coefficient (Wildman–Crippen LogP) is 0.731. The summed E-state index contributed by atoms with van der Waals surface area (Å²) in [6.45, 7) is 1.05. The van der Waals surface area contributed by atoms with E-state index >= 15 is 0 Å². The highest BCUT2D eigenvalue weighted by atomic mass is 16.4. The molecule has 3 rings (SSSR count). The summed E-state index contributed by atoms with van der Waals surface area (Å²) >= 11 is 0. The van der Waals surface area contributed by atoms with Crippen LogP contribution in [0.2, 0.25) is 0 Å². The summed E-state index contributed by atoms with van der Waals surface area (Å²) in [6.07, 6.45) is 4.72. The predicted molar refractivity (Wildman–Crippen MR) is 64.5 cm³/mol. The molecule has 2 aromatic rings. The Morgan fingerprint density at radius 2 is 2.06 bits per heavy atom. The highest BCUT2D eigenvalue weighted by Crippen LogP contribution is 2.31. The molecule has 0 aliphatic heterocycles. The van der Waals surface area contributed by atoms with E-state index in [2.05, 4.69) is 16.8 Å². The third-order valence-corrected chi connectivity index (χ3v) is 3.25. The van der Waals surface area contributed by atoms with Gasteiger partial charge in [0.05, 0.1) is 0 Å². The fraction of sp³-hybridized carbons (Fsp3) is 0.333. The number of aromatic nitrogens is 1. The lowest BCUT2D eigenvalue weighted by Gasteiger charge is -2.05. The first-order valence-corrected chi connectivity index (χ1v) is 5.69. The molecule has 0 atom stereocenters. The van der Waals surface area contributed by atoms with Crippen molar-refractivity contribution >= 4 is 23.5 Å². The Morgan fingerprint density at radius 3 is 2.75 bits per heavy atom. The molecule has 1 aliphatic rings. The highest BCUT2D eigenvalue weighted by Gasteiger charge is 2.22. The molecule has 0 spiro atoms. The minimum Gasteiger partial charge on any atom is -0.423 e. The van der Waals surface area contributed by atoms with Gasteiger partial charge in [-0.25, -0.2) is 0 Å². The van der Waals surface area contributed by atoms with Gasteiger partial charge in [0.1, 0.15) is 0 Å². The molecule has 0 unspecified atom stereocenters.